The van der Waals surface area contributed by atoms with E-state index in [9.17, 15) is 14.4 Å². The molecule has 0 radical (unpaired) electrons. The van der Waals surface area contributed by atoms with Gasteiger partial charge in [0, 0.05) is 31.0 Å². The Morgan fingerprint density at radius 1 is 1.08 bits per heavy atom. The van der Waals surface area contributed by atoms with Gasteiger partial charge in [-0.15, -0.1) is 11.3 Å². The number of carbonyl (C=O) groups is 3. The number of rotatable bonds is 21. The summed E-state index contributed by atoms with van der Waals surface area (Å²) in [5.74, 6) is 0.0319. The van der Waals surface area contributed by atoms with Crippen LogP contribution in [0.3, 0.4) is 0 Å². The van der Waals surface area contributed by atoms with Gasteiger partial charge in [0.05, 0.1) is 6.54 Å². The summed E-state index contributed by atoms with van der Waals surface area (Å²) in [6, 6.07) is -0.651. The van der Waals surface area contributed by atoms with Gasteiger partial charge < -0.3 is 15.0 Å². The second kappa shape index (κ2) is 19.3. The molecule has 1 N–H and O–H groups in total. The van der Waals surface area contributed by atoms with Crippen molar-refractivity contribution in [1.29, 1.82) is 0 Å². The van der Waals surface area contributed by atoms with Crippen molar-refractivity contribution < 1.29 is 19.1 Å². The summed E-state index contributed by atoms with van der Waals surface area (Å²) >= 11 is 1.42. The third-order valence-electron chi connectivity index (χ3n) is 6.60. The van der Waals surface area contributed by atoms with Gasteiger partial charge >= 0.3 is 0 Å². The van der Waals surface area contributed by atoms with E-state index in [0.29, 0.717) is 31.7 Å². The number of aldehydes is 1. The lowest BCUT2D eigenvalue weighted by atomic mass is 9.94. The fraction of sp³-hybridized carbons (Fsp3) is 0.793. The number of unbranched alkanes of at least 4 members (excludes halogenated alkanes) is 2. The molecule has 0 saturated heterocycles. The summed E-state index contributed by atoms with van der Waals surface area (Å²) in [5.41, 5.74) is 0.406. The van der Waals surface area contributed by atoms with E-state index in [0.717, 1.165) is 56.4 Å². The topological polar surface area (TPSA) is 91.8 Å². The van der Waals surface area contributed by atoms with Crippen LogP contribution in [0, 0.1) is 5.92 Å². The monoisotopic (exact) mass is 552 g/mol. The van der Waals surface area contributed by atoms with Gasteiger partial charge in [0.1, 0.15) is 22.8 Å². The van der Waals surface area contributed by atoms with E-state index in [-0.39, 0.29) is 36.4 Å². The molecule has 0 saturated carbocycles. The van der Waals surface area contributed by atoms with Crippen LogP contribution in [0.5, 0.6) is 0 Å². The van der Waals surface area contributed by atoms with Gasteiger partial charge in [-0.2, -0.15) is 0 Å². The van der Waals surface area contributed by atoms with Crippen molar-refractivity contribution in [1.82, 2.24) is 20.1 Å². The number of hydrogen-bond acceptors (Lipinski definition) is 7. The summed E-state index contributed by atoms with van der Waals surface area (Å²) in [6.07, 6.45) is 7.46. The van der Waals surface area contributed by atoms with Gasteiger partial charge in [-0.3, -0.25) is 19.3 Å². The van der Waals surface area contributed by atoms with Gasteiger partial charge in [-0.25, -0.2) is 4.98 Å². The van der Waals surface area contributed by atoms with E-state index in [1.165, 1.54) is 11.3 Å². The molecule has 1 heterocycles. The third kappa shape index (κ3) is 11.9. The van der Waals surface area contributed by atoms with Crippen LogP contribution in [-0.4, -0.2) is 78.3 Å². The smallest absolute Gasteiger partial charge is 0.245 e. The van der Waals surface area contributed by atoms with Crippen LogP contribution in [0.15, 0.2) is 5.38 Å². The van der Waals surface area contributed by atoms with Crippen LogP contribution >= 0.6 is 11.3 Å². The fourth-order valence-corrected chi connectivity index (χ4v) is 5.43. The molecule has 0 aliphatic rings. The predicted octanol–water partition coefficient (Wildman–Crippen LogP) is 5.48. The zero-order chi connectivity index (χ0) is 28.5. The molecule has 2 amide bonds. The molecular formula is C29H52N4O4S. The van der Waals surface area contributed by atoms with Crippen LogP contribution in [0.4, 0.5) is 0 Å². The van der Waals surface area contributed by atoms with E-state index in [1.807, 2.05) is 23.8 Å². The maximum atomic E-state index is 14.0. The maximum absolute atomic E-state index is 14.0. The average molecular weight is 553 g/mol. The Bertz CT molecular complexity index is 816. The van der Waals surface area contributed by atoms with Crippen LogP contribution in [-0.2, 0) is 14.3 Å². The van der Waals surface area contributed by atoms with E-state index >= 15 is 0 Å². The van der Waals surface area contributed by atoms with Crippen molar-refractivity contribution in [3.8, 4) is 0 Å². The number of amides is 2. The highest BCUT2D eigenvalue weighted by molar-refractivity contribution is 7.09. The summed E-state index contributed by atoms with van der Waals surface area (Å²) in [5, 5.41) is 5.56. The lowest BCUT2D eigenvalue weighted by molar-refractivity contribution is -0.140. The van der Waals surface area contributed by atoms with Crippen molar-refractivity contribution >= 4 is 29.4 Å². The molecule has 9 heteroatoms. The summed E-state index contributed by atoms with van der Waals surface area (Å²) in [4.78, 5) is 46.6. The van der Waals surface area contributed by atoms with Crippen molar-refractivity contribution in [2.75, 3.05) is 33.3 Å². The largest absolute Gasteiger partial charge is 0.371 e. The number of nitrogens with zero attached hydrogens (tertiary/aromatic N) is 3. The van der Waals surface area contributed by atoms with E-state index < -0.39 is 6.04 Å². The molecule has 8 nitrogen and oxygen atoms in total. The van der Waals surface area contributed by atoms with Crippen LogP contribution < -0.4 is 5.32 Å². The van der Waals surface area contributed by atoms with Crippen molar-refractivity contribution in [2.45, 2.75) is 111 Å². The minimum absolute atomic E-state index is 0.0312. The fourth-order valence-electron chi connectivity index (χ4n) is 4.60. The van der Waals surface area contributed by atoms with E-state index in [4.69, 9.17) is 4.74 Å². The van der Waals surface area contributed by atoms with E-state index in [2.05, 4.69) is 44.9 Å². The van der Waals surface area contributed by atoms with Crippen molar-refractivity contribution in [3.05, 3.63) is 16.1 Å². The molecule has 0 bridgehead atoms. The molecule has 3 atom stereocenters. The second-order valence-electron chi connectivity index (χ2n) is 10.5. The number of ether oxygens (including phenoxy) is 1. The van der Waals surface area contributed by atoms with Crippen molar-refractivity contribution in [3.63, 3.8) is 0 Å². The maximum Gasteiger partial charge on any atom is 0.245 e. The highest BCUT2D eigenvalue weighted by Crippen LogP contribution is 2.31. The summed E-state index contributed by atoms with van der Waals surface area (Å²) < 4.78 is 6.20. The molecule has 38 heavy (non-hydrogen) atoms. The first-order valence-corrected chi connectivity index (χ1v) is 15.4. The van der Waals surface area contributed by atoms with Gasteiger partial charge in [0.25, 0.3) is 0 Å². The van der Waals surface area contributed by atoms with Gasteiger partial charge in [0.15, 0.2) is 6.29 Å². The number of aromatic nitrogens is 1. The first kappa shape index (κ1) is 34.2. The highest BCUT2D eigenvalue weighted by Gasteiger charge is 2.34. The number of likely N-dealkylation sites (N-methyl/N-ethyl adjacent to an activating group) is 1. The van der Waals surface area contributed by atoms with Crippen LogP contribution in [0.25, 0.3) is 0 Å². The molecule has 0 aromatic carbocycles. The molecule has 0 aliphatic carbocycles. The Morgan fingerprint density at radius 2 is 1.82 bits per heavy atom. The first-order chi connectivity index (χ1) is 18.2. The Kier molecular flexibility index (Phi) is 17.3. The first-order valence-electron chi connectivity index (χ1n) is 14.5. The Labute approximate surface area is 234 Å². The normalized spacial score (nSPS) is 13.9. The number of thiazole rings is 1. The molecule has 1 aromatic rings. The standard InChI is InChI=1S/C29H52N4O4S/c1-8-12-13-16-32(7)19-27(35)31-24(14-9-2)29(36)33(15-10-3)25(22(5)6)18-26(37-17-11-4)28-30-23(20-34)21-38-28/h20-22,24-26H,8-19H2,1-7H3,(H,31,35)/t24-,25?,26?/m0/s1. The number of hydrogen-bond donors (Lipinski definition) is 1. The molecule has 0 aliphatic heterocycles. The zero-order valence-electron chi connectivity index (χ0n) is 24.8. The number of carbonyl (C=O) groups excluding carboxylic acids is 3. The quantitative estimate of drug-likeness (QED) is 0.160. The molecular weight excluding hydrogens is 500 g/mol. The molecule has 0 fully saturated rings. The molecule has 218 valence electrons. The minimum atomic E-state index is -0.555. The second-order valence-corrected chi connectivity index (χ2v) is 11.4. The average Bonchev–Trinajstić information content (AvgIpc) is 3.36. The molecule has 0 spiro atoms. The number of nitrogens with one attached hydrogen (secondary N) is 1. The summed E-state index contributed by atoms with van der Waals surface area (Å²) in [7, 11) is 1.95. The SMILES string of the molecule is CCCCCN(C)CC(=O)N[C@@H](CCC)C(=O)N(CCC)C(CC(OCCC)c1nc(C=O)cs1)C(C)C. The molecule has 1 rings (SSSR count). The Balaban J connectivity index is 3.11. The van der Waals surface area contributed by atoms with E-state index in [1.54, 1.807) is 5.38 Å². The van der Waals surface area contributed by atoms with Gasteiger partial charge in [0.2, 0.25) is 11.8 Å². The van der Waals surface area contributed by atoms with Crippen LogP contribution in [0.1, 0.15) is 115 Å². The van der Waals surface area contributed by atoms with Gasteiger partial charge in [-0.05, 0) is 45.2 Å². The van der Waals surface area contributed by atoms with Crippen LogP contribution in [0.2, 0.25) is 0 Å². The lowest BCUT2D eigenvalue weighted by Gasteiger charge is -2.38. The highest BCUT2D eigenvalue weighted by atomic mass is 32.1. The predicted molar refractivity (Wildman–Crippen MR) is 156 cm³/mol. The molecule has 1 aromatic heterocycles. The molecule has 2 unspecified atom stereocenters. The Morgan fingerprint density at radius 3 is 2.37 bits per heavy atom. The lowest BCUT2D eigenvalue weighted by Crippen LogP contribution is -2.54. The van der Waals surface area contributed by atoms with Crippen molar-refractivity contribution in [2.24, 2.45) is 5.92 Å². The Hall–Kier alpha value is -1.84. The minimum Gasteiger partial charge on any atom is -0.371 e. The summed E-state index contributed by atoms with van der Waals surface area (Å²) in [6.45, 7) is 14.9. The van der Waals surface area contributed by atoms with Gasteiger partial charge in [-0.1, -0.05) is 60.8 Å². The zero-order valence-corrected chi connectivity index (χ0v) is 25.6. The third-order valence-corrected chi connectivity index (χ3v) is 7.55.